The van der Waals surface area contributed by atoms with Crippen molar-refractivity contribution < 1.29 is 0 Å². The molecule has 0 aliphatic carbocycles. The Balaban J connectivity index is 2.08. The highest BCUT2D eigenvalue weighted by molar-refractivity contribution is 6.31. The molecular weight excluding hydrogens is 253 g/mol. The summed E-state index contributed by atoms with van der Waals surface area (Å²) < 4.78 is 0. The molecule has 0 N–H and O–H groups in total. The average molecular weight is 272 g/mol. The van der Waals surface area contributed by atoms with Crippen molar-refractivity contribution in [3.8, 4) is 0 Å². The summed E-state index contributed by atoms with van der Waals surface area (Å²) in [6.45, 7) is 4.14. The molecule has 1 saturated heterocycles. The fourth-order valence-electron chi connectivity index (χ4n) is 2.44. The minimum Gasteiger partial charge on any atom is -0.295 e. The second-order valence-electron chi connectivity index (χ2n) is 4.87. The van der Waals surface area contributed by atoms with E-state index < -0.39 is 0 Å². The van der Waals surface area contributed by atoms with Crippen molar-refractivity contribution in [2.24, 2.45) is 0 Å². The predicted molar refractivity (Wildman–Crippen MR) is 75.0 cm³/mol. The van der Waals surface area contributed by atoms with Crippen molar-refractivity contribution in [2.45, 2.75) is 38.8 Å². The van der Waals surface area contributed by atoms with E-state index in [-0.39, 0.29) is 0 Å². The minimum absolute atomic E-state index is 0.516. The second-order valence-corrected chi connectivity index (χ2v) is 5.59. The first kappa shape index (κ1) is 13.2. The van der Waals surface area contributed by atoms with Gasteiger partial charge in [-0.15, -0.1) is 11.6 Å². The van der Waals surface area contributed by atoms with E-state index in [1.807, 2.05) is 6.07 Å². The Labute approximate surface area is 114 Å². The number of piperidine rings is 1. The van der Waals surface area contributed by atoms with Crippen molar-refractivity contribution in [3.05, 3.63) is 34.3 Å². The molecule has 1 atom stereocenters. The van der Waals surface area contributed by atoms with Gasteiger partial charge in [-0.05, 0) is 43.5 Å². The van der Waals surface area contributed by atoms with Gasteiger partial charge in [-0.3, -0.25) is 4.90 Å². The van der Waals surface area contributed by atoms with Gasteiger partial charge in [-0.1, -0.05) is 30.2 Å². The molecule has 2 rings (SSSR count). The van der Waals surface area contributed by atoms with Crippen LogP contribution in [0.1, 0.15) is 30.4 Å². The van der Waals surface area contributed by atoms with E-state index >= 15 is 0 Å². The summed E-state index contributed by atoms with van der Waals surface area (Å²) >= 11 is 12.3. The Morgan fingerprint density at radius 1 is 1.35 bits per heavy atom. The molecule has 1 aliphatic heterocycles. The van der Waals surface area contributed by atoms with Crippen molar-refractivity contribution in [1.29, 1.82) is 0 Å². The predicted octanol–water partition coefficient (Wildman–Crippen LogP) is 4.24. The third-order valence-corrected chi connectivity index (χ3v) is 4.22. The Bertz CT molecular complexity index is 378. The number of nitrogens with zero attached hydrogens (tertiary/aromatic N) is 1. The maximum absolute atomic E-state index is 6.28. The molecule has 1 aliphatic rings. The maximum atomic E-state index is 6.28. The van der Waals surface area contributed by atoms with Gasteiger partial charge >= 0.3 is 0 Å². The first-order valence-corrected chi connectivity index (χ1v) is 7.17. The zero-order valence-electron chi connectivity index (χ0n) is 10.3. The van der Waals surface area contributed by atoms with Crippen LogP contribution < -0.4 is 0 Å². The van der Waals surface area contributed by atoms with E-state index in [2.05, 4.69) is 24.0 Å². The number of alkyl halides is 1. The summed E-state index contributed by atoms with van der Waals surface area (Å²) in [5.41, 5.74) is 2.43. The number of halogens is 2. The van der Waals surface area contributed by atoms with E-state index in [1.54, 1.807) is 0 Å². The largest absolute Gasteiger partial charge is 0.295 e. The lowest BCUT2D eigenvalue weighted by atomic mass is 10.0. The number of aryl methyl sites for hydroxylation is 1. The lowest BCUT2D eigenvalue weighted by molar-refractivity contribution is 0.155. The number of hydrogen-bond acceptors (Lipinski definition) is 1. The van der Waals surface area contributed by atoms with E-state index in [0.717, 1.165) is 24.0 Å². The van der Waals surface area contributed by atoms with Gasteiger partial charge in [-0.2, -0.15) is 0 Å². The molecular formula is C14H19Cl2N. The van der Waals surface area contributed by atoms with Crippen LogP contribution in [0.5, 0.6) is 0 Å². The zero-order chi connectivity index (χ0) is 12.3. The molecule has 1 aromatic rings. The molecule has 0 spiro atoms. The van der Waals surface area contributed by atoms with Crippen LogP contribution in [-0.2, 0) is 6.54 Å². The van der Waals surface area contributed by atoms with Crippen molar-refractivity contribution in [2.75, 3.05) is 12.4 Å². The van der Waals surface area contributed by atoms with Gasteiger partial charge in [0.25, 0.3) is 0 Å². The molecule has 0 radical (unpaired) electrons. The minimum atomic E-state index is 0.516. The third kappa shape index (κ3) is 3.37. The lowest BCUT2D eigenvalue weighted by Gasteiger charge is -2.34. The van der Waals surface area contributed by atoms with Crippen LogP contribution >= 0.6 is 23.2 Å². The number of rotatable bonds is 3. The Morgan fingerprint density at radius 2 is 2.18 bits per heavy atom. The second kappa shape index (κ2) is 6.08. The molecule has 1 fully saturated rings. The van der Waals surface area contributed by atoms with Crippen molar-refractivity contribution in [1.82, 2.24) is 4.90 Å². The first-order chi connectivity index (χ1) is 8.20. The van der Waals surface area contributed by atoms with Crippen molar-refractivity contribution in [3.63, 3.8) is 0 Å². The van der Waals surface area contributed by atoms with Gasteiger partial charge in [-0.25, -0.2) is 0 Å². The average Bonchev–Trinajstić information content (AvgIpc) is 2.33. The smallest absolute Gasteiger partial charge is 0.0453 e. The fourth-order valence-corrected chi connectivity index (χ4v) is 3.09. The fraction of sp³-hybridized carbons (Fsp3) is 0.571. The molecule has 0 saturated carbocycles. The summed E-state index contributed by atoms with van der Waals surface area (Å²) in [5.74, 6) is 0.726. The highest BCUT2D eigenvalue weighted by Gasteiger charge is 2.21. The molecule has 1 heterocycles. The molecule has 17 heavy (non-hydrogen) atoms. The van der Waals surface area contributed by atoms with E-state index in [1.165, 1.54) is 30.4 Å². The van der Waals surface area contributed by atoms with Crippen molar-refractivity contribution >= 4 is 23.2 Å². The molecule has 1 unspecified atom stereocenters. The monoisotopic (exact) mass is 271 g/mol. The quantitative estimate of drug-likeness (QED) is 0.744. The molecule has 0 bridgehead atoms. The van der Waals surface area contributed by atoms with Gasteiger partial charge in [0.1, 0.15) is 0 Å². The Hall–Kier alpha value is -0.240. The lowest BCUT2D eigenvalue weighted by Crippen LogP contribution is -2.40. The standard InChI is InChI=1S/C14H19Cl2N/c1-11-5-6-12(14(16)8-11)10-17-7-3-2-4-13(17)9-15/h5-6,8,13H,2-4,7,9-10H2,1H3. The summed E-state index contributed by atoms with van der Waals surface area (Å²) in [4.78, 5) is 2.47. The Kier molecular flexibility index (Phi) is 4.72. The molecule has 0 aromatic heterocycles. The zero-order valence-corrected chi connectivity index (χ0v) is 11.8. The summed E-state index contributed by atoms with van der Waals surface area (Å²) in [5, 5.41) is 0.879. The topological polar surface area (TPSA) is 3.24 Å². The van der Waals surface area contributed by atoms with Crippen LogP contribution in [0.15, 0.2) is 18.2 Å². The summed E-state index contributed by atoms with van der Waals surface area (Å²) in [6, 6.07) is 6.82. The Morgan fingerprint density at radius 3 is 2.88 bits per heavy atom. The number of likely N-dealkylation sites (tertiary alicyclic amines) is 1. The molecule has 1 aromatic carbocycles. The highest BCUT2D eigenvalue weighted by Crippen LogP contribution is 2.24. The first-order valence-electron chi connectivity index (χ1n) is 6.25. The number of benzene rings is 1. The molecule has 1 nitrogen and oxygen atoms in total. The van der Waals surface area contributed by atoms with Crippen LogP contribution in [0, 0.1) is 6.92 Å². The van der Waals surface area contributed by atoms with Crippen LogP contribution in [0.3, 0.4) is 0 Å². The van der Waals surface area contributed by atoms with E-state index in [4.69, 9.17) is 23.2 Å². The van der Waals surface area contributed by atoms with Crippen LogP contribution in [0.25, 0.3) is 0 Å². The third-order valence-electron chi connectivity index (χ3n) is 3.51. The summed E-state index contributed by atoms with van der Waals surface area (Å²) in [7, 11) is 0. The van der Waals surface area contributed by atoms with E-state index in [0.29, 0.717) is 6.04 Å². The van der Waals surface area contributed by atoms with Crippen LogP contribution in [0.2, 0.25) is 5.02 Å². The SMILES string of the molecule is Cc1ccc(CN2CCCCC2CCl)c(Cl)c1. The molecule has 3 heteroatoms. The molecule has 94 valence electrons. The van der Waals surface area contributed by atoms with Crippen LogP contribution in [0.4, 0.5) is 0 Å². The van der Waals surface area contributed by atoms with Gasteiger partial charge < -0.3 is 0 Å². The molecule has 0 amide bonds. The summed E-state index contributed by atoms with van der Waals surface area (Å²) in [6.07, 6.45) is 3.79. The van der Waals surface area contributed by atoms with Gasteiger partial charge in [0, 0.05) is 23.5 Å². The van der Waals surface area contributed by atoms with Gasteiger partial charge in [0.05, 0.1) is 0 Å². The normalized spacial score (nSPS) is 21.7. The van der Waals surface area contributed by atoms with Crippen LogP contribution in [-0.4, -0.2) is 23.4 Å². The van der Waals surface area contributed by atoms with Gasteiger partial charge in [0.15, 0.2) is 0 Å². The number of hydrogen-bond donors (Lipinski definition) is 0. The maximum Gasteiger partial charge on any atom is 0.0453 e. The van der Waals surface area contributed by atoms with Gasteiger partial charge in [0.2, 0.25) is 0 Å². The highest BCUT2D eigenvalue weighted by atomic mass is 35.5. The van der Waals surface area contributed by atoms with E-state index in [9.17, 15) is 0 Å².